The SMILES string of the molecule is NCc1cccc(S(N)(=O)=O)c1OC1CC1. The number of rotatable bonds is 4. The molecule has 1 aromatic rings. The minimum atomic E-state index is -3.76. The highest BCUT2D eigenvalue weighted by Gasteiger charge is 2.27. The van der Waals surface area contributed by atoms with E-state index in [-0.39, 0.29) is 17.5 Å². The van der Waals surface area contributed by atoms with E-state index in [9.17, 15) is 8.42 Å². The highest BCUT2D eigenvalue weighted by molar-refractivity contribution is 7.89. The maximum absolute atomic E-state index is 11.4. The number of hydrogen-bond donors (Lipinski definition) is 2. The Balaban J connectivity index is 2.49. The third-order valence-electron chi connectivity index (χ3n) is 2.40. The van der Waals surface area contributed by atoms with Crippen molar-refractivity contribution in [2.75, 3.05) is 0 Å². The molecule has 0 unspecified atom stereocenters. The lowest BCUT2D eigenvalue weighted by Crippen LogP contribution is -2.16. The molecule has 0 heterocycles. The lowest BCUT2D eigenvalue weighted by Gasteiger charge is -2.13. The summed E-state index contributed by atoms with van der Waals surface area (Å²) in [4.78, 5) is 0.0161. The van der Waals surface area contributed by atoms with Crippen molar-refractivity contribution >= 4 is 10.0 Å². The van der Waals surface area contributed by atoms with Crippen molar-refractivity contribution in [3.05, 3.63) is 23.8 Å². The fourth-order valence-electron chi connectivity index (χ4n) is 1.43. The van der Waals surface area contributed by atoms with Crippen LogP contribution in [0.4, 0.5) is 0 Å². The number of hydrogen-bond acceptors (Lipinski definition) is 4. The van der Waals surface area contributed by atoms with Crippen molar-refractivity contribution in [2.45, 2.75) is 30.4 Å². The molecule has 1 aliphatic rings. The molecule has 0 saturated heterocycles. The summed E-state index contributed by atoms with van der Waals surface area (Å²) < 4.78 is 28.3. The van der Waals surface area contributed by atoms with Gasteiger partial charge < -0.3 is 10.5 Å². The second-order valence-electron chi connectivity index (χ2n) is 3.81. The molecule has 16 heavy (non-hydrogen) atoms. The molecule has 0 radical (unpaired) electrons. The zero-order chi connectivity index (χ0) is 11.8. The highest BCUT2D eigenvalue weighted by atomic mass is 32.2. The quantitative estimate of drug-likeness (QED) is 0.795. The minimum Gasteiger partial charge on any atom is -0.489 e. The number of primary sulfonamides is 1. The van der Waals surface area contributed by atoms with Gasteiger partial charge in [0.15, 0.2) is 0 Å². The zero-order valence-electron chi connectivity index (χ0n) is 8.72. The topological polar surface area (TPSA) is 95.4 Å². The summed E-state index contributed by atoms with van der Waals surface area (Å²) in [6, 6.07) is 4.79. The Kier molecular flexibility index (Phi) is 2.88. The average molecular weight is 242 g/mol. The lowest BCUT2D eigenvalue weighted by atomic mass is 10.2. The summed E-state index contributed by atoms with van der Waals surface area (Å²) in [6.45, 7) is 0.228. The predicted molar refractivity (Wildman–Crippen MR) is 59.4 cm³/mol. The molecular weight excluding hydrogens is 228 g/mol. The van der Waals surface area contributed by atoms with Crippen molar-refractivity contribution < 1.29 is 13.2 Å². The van der Waals surface area contributed by atoms with Crippen LogP contribution in [0.5, 0.6) is 5.75 Å². The van der Waals surface area contributed by atoms with Crippen molar-refractivity contribution in [1.82, 2.24) is 0 Å². The van der Waals surface area contributed by atoms with Crippen molar-refractivity contribution in [2.24, 2.45) is 10.9 Å². The average Bonchev–Trinajstić information content (AvgIpc) is 3.00. The summed E-state index contributed by atoms with van der Waals surface area (Å²) in [5, 5.41) is 5.13. The second kappa shape index (κ2) is 4.04. The number of nitrogens with two attached hydrogens (primary N) is 2. The van der Waals surface area contributed by atoms with Gasteiger partial charge in [0.25, 0.3) is 0 Å². The van der Waals surface area contributed by atoms with Crippen LogP contribution in [-0.2, 0) is 16.6 Å². The van der Waals surface area contributed by atoms with E-state index in [0.29, 0.717) is 11.3 Å². The smallest absolute Gasteiger partial charge is 0.241 e. The number of benzene rings is 1. The van der Waals surface area contributed by atoms with Crippen molar-refractivity contribution in [1.29, 1.82) is 0 Å². The molecule has 1 aromatic carbocycles. The molecule has 2 rings (SSSR count). The maximum Gasteiger partial charge on any atom is 0.241 e. The van der Waals surface area contributed by atoms with Gasteiger partial charge in [0, 0.05) is 12.1 Å². The first kappa shape index (κ1) is 11.4. The number of para-hydroxylation sites is 1. The van der Waals surface area contributed by atoms with E-state index in [1.165, 1.54) is 6.07 Å². The van der Waals surface area contributed by atoms with Crippen molar-refractivity contribution in [3.8, 4) is 5.75 Å². The molecular formula is C10H14N2O3S. The summed E-state index contributed by atoms with van der Waals surface area (Å²) in [6.07, 6.45) is 2.00. The van der Waals surface area contributed by atoms with E-state index in [4.69, 9.17) is 15.6 Å². The second-order valence-corrected chi connectivity index (χ2v) is 5.34. The fourth-order valence-corrected chi connectivity index (χ4v) is 2.14. The van der Waals surface area contributed by atoms with E-state index in [1.807, 2.05) is 0 Å². The van der Waals surface area contributed by atoms with E-state index in [2.05, 4.69) is 0 Å². The molecule has 0 atom stereocenters. The summed E-state index contributed by atoms with van der Waals surface area (Å²) in [7, 11) is -3.76. The largest absolute Gasteiger partial charge is 0.489 e. The van der Waals surface area contributed by atoms with Crippen LogP contribution < -0.4 is 15.6 Å². The van der Waals surface area contributed by atoms with E-state index in [0.717, 1.165) is 12.8 Å². The lowest BCUT2D eigenvalue weighted by molar-refractivity contribution is 0.292. The van der Waals surface area contributed by atoms with Gasteiger partial charge in [0.1, 0.15) is 10.6 Å². The van der Waals surface area contributed by atoms with Crippen molar-refractivity contribution in [3.63, 3.8) is 0 Å². The van der Waals surface area contributed by atoms with Gasteiger partial charge in [-0.05, 0) is 18.9 Å². The van der Waals surface area contributed by atoms with Crippen LogP contribution in [0, 0.1) is 0 Å². The molecule has 5 nitrogen and oxygen atoms in total. The van der Waals surface area contributed by atoms with Crippen LogP contribution in [-0.4, -0.2) is 14.5 Å². The van der Waals surface area contributed by atoms with E-state index in [1.54, 1.807) is 12.1 Å². The molecule has 4 N–H and O–H groups in total. The Morgan fingerprint density at radius 2 is 2.06 bits per heavy atom. The van der Waals surface area contributed by atoms with Crippen LogP contribution >= 0.6 is 0 Å². The zero-order valence-corrected chi connectivity index (χ0v) is 9.53. The van der Waals surface area contributed by atoms with Gasteiger partial charge in [-0.2, -0.15) is 0 Å². The molecule has 1 fully saturated rings. The van der Waals surface area contributed by atoms with Gasteiger partial charge >= 0.3 is 0 Å². The Labute approximate surface area is 94.4 Å². The molecule has 1 aliphatic carbocycles. The maximum atomic E-state index is 11.4. The first-order valence-electron chi connectivity index (χ1n) is 5.04. The Morgan fingerprint density at radius 3 is 2.56 bits per heavy atom. The van der Waals surface area contributed by atoms with Crippen LogP contribution in [0.2, 0.25) is 0 Å². The molecule has 0 spiro atoms. The Bertz CT molecular complexity index is 495. The van der Waals surface area contributed by atoms with Gasteiger partial charge in [0.05, 0.1) is 6.10 Å². The Hall–Kier alpha value is -1.11. The van der Waals surface area contributed by atoms with Gasteiger partial charge in [-0.15, -0.1) is 0 Å². The monoisotopic (exact) mass is 242 g/mol. The van der Waals surface area contributed by atoms with Gasteiger partial charge in [0.2, 0.25) is 10.0 Å². The molecule has 0 amide bonds. The minimum absolute atomic E-state index is 0.0161. The number of ether oxygens (including phenoxy) is 1. The molecule has 0 aromatic heterocycles. The normalized spacial score (nSPS) is 16.1. The van der Waals surface area contributed by atoms with E-state index < -0.39 is 10.0 Å². The number of sulfonamides is 1. The summed E-state index contributed by atoms with van der Waals surface area (Å²) >= 11 is 0. The molecule has 0 bridgehead atoms. The van der Waals surface area contributed by atoms with Gasteiger partial charge in [-0.3, -0.25) is 0 Å². The third kappa shape index (κ3) is 2.34. The summed E-state index contributed by atoms with van der Waals surface area (Å²) in [5.74, 6) is 0.315. The van der Waals surface area contributed by atoms with Crippen LogP contribution in [0.15, 0.2) is 23.1 Å². The van der Waals surface area contributed by atoms with Crippen LogP contribution in [0.25, 0.3) is 0 Å². The highest BCUT2D eigenvalue weighted by Crippen LogP contribution is 2.33. The Morgan fingerprint density at radius 1 is 1.38 bits per heavy atom. The first-order valence-corrected chi connectivity index (χ1v) is 6.58. The molecule has 6 heteroatoms. The standard InChI is InChI=1S/C10H14N2O3S/c11-6-7-2-1-3-9(16(12,13)14)10(7)15-8-4-5-8/h1-3,8H,4-6,11H2,(H2,12,13,14). The molecule has 88 valence electrons. The van der Waals surface area contributed by atoms with Crippen LogP contribution in [0.1, 0.15) is 18.4 Å². The first-order chi connectivity index (χ1) is 7.52. The third-order valence-corrected chi connectivity index (χ3v) is 3.33. The molecule has 1 saturated carbocycles. The predicted octanol–water partition coefficient (Wildman–Crippen LogP) is 0.334. The van der Waals surface area contributed by atoms with Gasteiger partial charge in [-0.1, -0.05) is 12.1 Å². The van der Waals surface area contributed by atoms with Crippen LogP contribution in [0.3, 0.4) is 0 Å². The van der Waals surface area contributed by atoms with E-state index >= 15 is 0 Å². The fraction of sp³-hybridized carbons (Fsp3) is 0.400. The molecule has 0 aliphatic heterocycles. The van der Waals surface area contributed by atoms with Gasteiger partial charge in [-0.25, -0.2) is 13.6 Å². The summed E-state index contributed by atoms with van der Waals surface area (Å²) in [5.41, 5.74) is 6.21.